The van der Waals surface area contributed by atoms with Gasteiger partial charge in [-0.05, 0) is 31.5 Å². The van der Waals surface area contributed by atoms with Crippen molar-refractivity contribution >= 4 is 23.2 Å². The number of hydrogen-bond donors (Lipinski definition) is 2. The molecule has 5 nitrogen and oxygen atoms in total. The number of nitrogens with one attached hydrogen (secondary N) is 2. The van der Waals surface area contributed by atoms with Gasteiger partial charge >= 0.3 is 0 Å². The Morgan fingerprint density at radius 2 is 2.32 bits per heavy atom. The Kier molecular flexibility index (Phi) is 7.97. The Balaban J connectivity index is 2.53. The molecule has 0 radical (unpaired) electrons. The van der Waals surface area contributed by atoms with Gasteiger partial charge in [-0.3, -0.25) is 4.79 Å². The lowest BCUT2D eigenvalue weighted by atomic mass is 10.2. The molecule has 2 N–H and O–H groups in total. The Bertz CT molecular complexity index is 585. The standard InChI is InChI=1S/C15H17ClFN3O2/c1-2-22-7-3-6-19-15(21)11(9-18)10-20-12-4-5-14(17)13(16)8-12/h4-5,8,10,20H,2-3,6-7H2,1H3,(H,19,21)/b11-10-. The van der Waals surface area contributed by atoms with Crippen molar-refractivity contribution in [1.82, 2.24) is 5.32 Å². The Hall–Kier alpha value is -2.10. The molecule has 1 aromatic carbocycles. The highest BCUT2D eigenvalue weighted by Crippen LogP contribution is 2.19. The van der Waals surface area contributed by atoms with Crippen molar-refractivity contribution in [3.8, 4) is 6.07 Å². The van der Waals surface area contributed by atoms with E-state index in [1.807, 2.05) is 6.92 Å². The number of hydrogen-bond acceptors (Lipinski definition) is 4. The molecule has 22 heavy (non-hydrogen) atoms. The molecule has 0 heterocycles. The number of halogens is 2. The van der Waals surface area contributed by atoms with Crippen LogP contribution in [0.5, 0.6) is 0 Å². The minimum absolute atomic E-state index is 0.0442. The van der Waals surface area contributed by atoms with Crippen molar-refractivity contribution in [2.24, 2.45) is 0 Å². The molecule has 118 valence electrons. The fraction of sp³-hybridized carbons (Fsp3) is 0.333. The Morgan fingerprint density at radius 3 is 2.95 bits per heavy atom. The maximum atomic E-state index is 13.0. The van der Waals surface area contributed by atoms with E-state index >= 15 is 0 Å². The van der Waals surface area contributed by atoms with Crippen molar-refractivity contribution in [3.63, 3.8) is 0 Å². The number of rotatable bonds is 8. The van der Waals surface area contributed by atoms with Crippen molar-refractivity contribution in [2.45, 2.75) is 13.3 Å². The topological polar surface area (TPSA) is 74.1 Å². The minimum Gasteiger partial charge on any atom is -0.382 e. The van der Waals surface area contributed by atoms with Gasteiger partial charge in [0.1, 0.15) is 17.5 Å². The molecule has 0 fully saturated rings. The quantitative estimate of drug-likeness (QED) is 0.438. The predicted molar refractivity (Wildman–Crippen MR) is 82.8 cm³/mol. The molecule has 0 bridgehead atoms. The van der Waals surface area contributed by atoms with E-state index in [0.29, 0.717) is 31.9 Å². The lowest BCUT2D eigenvalue weighted by Crippen LogP contribution is -2.26. The third-order valence-corrected chi connectivity index (χ3v) is 2.91. The van der Waals surface area contributed by atoms with Gasteiger partial charge in [-0.25, -0.2) is 4.39 Å². The molecule has 0 saturated carbocycles. The van der Waals surface area contributed by atoms with Crippen LogP contribution in [0, 0.1) is 17.1 Å². The Labute approximate surface area is 133 Å². The van der Waals surface area contributed by atoms with E-state index in [0.717, 1.165) is 0 Å². The van der Waals surface area contributed by atoms with Crippen LogP contribution < -0.4 is 10.6 Å². The molecule has 1 amide bonds. The summed E-state index contributed by atoms with van der Waals surface area (Å²) in [6, 6.07) is 5.81. The zero-order valence-corrected chi connectivity index (χ0v) is 12.9. The Morgan fingerprint density at radius 1 is 1.55 bits per heavy atom. The first-order valence-electron chi connectivity index (χ1n) is 6.76. The van der Waals surface area contributed by atoms with Gasteiger partial charge in [-0.2, -0.15) is 5.26 Å². The van der Waals surface area contributed by atoms with Crippen molar-refractivity contribution < 1.29 is 13.9 Å². The lowest BCUT2D eigenvalue weighted by Gasteiger charge is -2.06. The molecule has 0 aliphatic carbocycles. The van der Waals surface area contributed by atoms with E-state index in [1.54, 1.807) is 6.07 Å². The number of benzene rings is 1. The highest BCUT2D eigenvalue weighted by molar-refractivity contribution is 6.31. The number of nitrogens with zero attached hydrogens (tertiary/aromatic N) is 1. The number of ether oxygens (including phenoxy) is 1. The first-order chi connectivity index (χ1) is 10.6. The number of anilines is 1. The summed E-state index contributed by atoms with van der Waals surface area (Å²) in [5.41, 5.74) is 0.389. The molecule has 1 rings (SSSR count). The normalized spacial score (nSPS) is 10.9. The maximum absolute atomic E-state index is 13.0. The highest BCUT2D eigenvalue weighted by atomic mass is 35.5. The van der Waals surface area contributed by atoms with Crippen LogP contribution in [0.1, 0.15) is 13.3 Å². The second kappa shape index (κ2) is 9.77. The van der Waals surface area contributed by atoms with Gasteiger partial charge in [0, 0.05) is 31.6 Å². The second-order valence-electron chi connectivity index (χ2n) is 4.25. The fourth-order valence-corrected chi connectivity index (χ4v) is 1.69. The monoisotopic (exact) mass is 325 g/mol. The van der Waals surface area contributed by atoms with E-state index in [9.17, 15) is 9.18 Å². The van der Waals surface area contributed by atoms with Crippen molar-refractivity contribution in [3.05, 3.63) is 40.8 Å². The zero-order valence-electron chi connectivity index (χ0n) is 12.2. The smallest absolute Gasteiger partial charge is 0.263 e. The molecule has 0 saturated heterocycles. The molecule has 0 aromatic heterocycles. The average Bonchev–Trinajstić information content (AvgIpc) is 2.51. The van der Waals surface area contributed by atoms with Crippen LogP contribution in [-0.4, -0.2) is 25.7 Å². The van der Waals surface area contributed by atoms with E-state index in [4.69, 9.17) is 21.6 Å². The van der Waals surface area contributed by atoms with E-state index in [2.05, 4.69) is 10.6 Å². The van der Waals surface area contributed by atoms with Crippen LogP contribution in [0.2, 0.25) is 5.02 Å². The van der Waals surface area contributed by atoms with Gasteiger partial charge in [0.05, 0.1) is 5.02 Å². The van der Waals surface area contributed by atoms with Gasteiger partial charge in [-0.1, -0.05) is 11.6 Å². The number of carbonyl (C=O) groups is 1. The summed E-state index contributed by atoms with van der Waals surface area (Å²) in [5.74, 6) is -1.02. The zero-order chi connectivity index (χ0) is 16.4. The van der Waals surface area contributed by atoms with Gasteiger partial charge in [0.2, 0.25) is 0 Å². The highest BCUT2D eigenvalue weighted by Gasteiger charge is 2.08. The van der Waals surface area contributed by atoms with Gasteiger partial charge in [0.15, 0.2) is 0 Å². The average molecular weight is 326 g/mol. The molecule has 7 heteroatoms. The maximum Gasteiger partial charge on any atom is 0.263 e. The summed E-state index contributed by atoms with van der Waals surface area (Å²) >= 11 is 5.64. The van der Waals surface area contributed by atoms with Gasteiger partial charge < -0.3 is 15.4 Å². The molecule has 1 aromatic rings. The van der Waals surface area contributed by atoms with E-state index in [1.165, 1.54) is 24.4 Å². The first-order valence-corrected chi connectivity index (χ1v) is 7.14. The minimum atomic E-state index is -0.538. The predicted octanol–water partition coefficient (Wildman–Crippen LogP) is 2.84. The van der Waals surface area contributed by atoms with Crippen LogP contribution in [-0.2, 0) is 9.53 Å². The number of nitriles is 1. The summed E-state index contributed by atoms with van der Waals surface area (Å²) in [5, 5.41) is 14.3. The van der Waals surface area contributed by atoms with E-state index in [-0.39, 0.29) is 10.6 Å². The number of amides is 1. The summed E-state index contributed by atoms with van der Waals surface area (Å²) in [7, 11) is 0. The SMILES string of the molecule is CCOCCCNC(=O)/C(C#N)=C\Nc1ccc(F)c(Cl)c1. The van der Waals surface area contributed by atoms with Crippen LogP contribution >= 0.6 is 11.6 Å². The lowest BCUT2D eigenvalue weighted by molar-refractivity contribution is -0.117. The van der Waals surface area contributed by atoms with Crippen molar-refractivity contribution in [1.29, 1.82) is 5.26 Å². The number of carbonyl (C=O) groups excluding carboxylic acids is 1. The van der Waals surface area contributed by atoms with Gasteiger partial charge in [-0.15, -0.1) is 0 Å². The summed E-state index contributed by atoms with van der Waals surface area (Å²) < 4.78 is 18.2. The molecular weight excluding hydrogens is 309 g/mol. The summed E-state index contributed by atoms with van der Waals surface area (Å²) in [6.07, 6.45) is 1.92. The van der Waals surface area contributed by atoms with Crippen LogP contribution in [0.25, 0.3) is 0 Å². The molecule has 0 unspecified atom stereocenters. The first kappa shape index (κ1) is 18.0. The largest absolute Gasteiger partial charge is 0.382 e. The van der Waals surface area contributed by atoms with Crippen molar-refractivity contribution in [2.75, 3.05) is 25.1 Å². The molecule has 0 spiro atoms. The van der Waals surface area contributed by atoms with Crippen LogP contribution in [0.4, 0.5) is 10.1 Å². The van der Waals surface area contributed by atoms with Crippen LogP contribution in [0.3, 0.4) is 0 Å². The third-order valence-electron chi connectivity index (χ3n) is 2.62. The molecule has 0 aliphatic heterocycles. The molecule has 0 aliphatic rings. The van der Waals surface area contributed by atoms with Gasteiger partial charge in [0.25, 0.3) is 5.91 Å². The molecular formula is C15H17ClFN3O2. The second-order valence-corrected chi connectivity index (χ2v) is 4.66. The van der Waals surface area contributed by atoms with Crippen LogP contribution in [0.15, 0.2) is 30.0 Å². The van der Waals surface area contributed by atoms with E-state index < -0.39 is 11.7 Å². The molecule has 0 atom stereocenters. The summed E-state index contributed by atoms with van der Waals surface area (Å²) in [6.45, 7) is 3.48. The summed E-state index contributed by atoms with van der Waals surface area (Å²) in [4.78, 5) is 11.8. The fourth-order valence-electron chi connectivity index (χ4n) is 1.51. The third kappa shape index (κ3) is 6.12.